The van der Waals surface area contributed by atoms with Gasteiger partial charge in [0.1, 0.15) is 17.1 Å². The van der Waals surface area contributed by atoms with Crippen molar-refractivity contribution in [2.75, 3.05) is 24.2 Å². The number of para-hydroxylation sites is 1. The smallest absolute Gasteiger partial charge is 0.258 e. The third-order valence-electron chi connectivity index (χ3n) is 4.78. The monoisotopic (exact) mass is 418 g/mol. The number of anilines is 1. The number of hydrogen-bond acceptors (Lipinski definition) is 5. The summed E-state index contributed by atoms with van der Waals surface area (Å²) in [5.41, 5.74) is 1.09. The van der Waals surface area contributed by atoms with Crippen LogP contribution in [0.15, 0.2) is 48.5 Å². The van der Waals surface area contributed by atoms with Crippen LogP contribution in [-0.4, -0.2) is 39.8 Å². The molecule has 0 bridgehead atoms. The van der Waals surface area contributed by atoms with Gasteiger partial charge in [0.25, 0.3) is 5.91 Å². The van der Waals surface area contributed by atoms with E-state index in [0.717, 1.165) is 17.6 Å². The van der Waals surface area contributed by atoms with Crippen LogP contribution in [0.25, 0.3) is 0 Å². The van der Waals surface area contributed by atoms with E-state index < -0.39 is 10.0 Å². The lowest BCUT2D eigenvalue weighted by molar-refractivity contribution is -0.124. The molecule has 1 amide bonds. The Morgan fingerprint density at radius 2 is 1.86 bits per heavy atom. The van der Waals surface area contributed by atoms with E-state index in [1.54, 1.807) is 24.3 Å². The number of nitrogens with zero attached hydrogens (tertiary/aromatic N) is 1. The molecule has 2 aromatic carbocycles. The zero-order chi connectivity index (χ0) is 21.2. The fourth-order valence-corrected chi connectivity index (χ4v) is 3.76. The highest BCUT2D eigenvalue weighted by Gasteiger charge is 2.34. The summed E-state index contributed by atoms with van der Waals surface area (Å²) in [6.45, 7) is 3.85. The molecule has 1 unspecified atom stereocenters. The van der Waals surface area contributed by atoms with Crippen LogP contribution in [0.2, 0.25) is 0 Å². The van der Waals surface area contributed by atoms with E-state index in [-0.39, 0.29) is 24.2 Å². The van der Waals surface area contributed by atoms with Crippen molar-refractivity contribution < 1.29 is 22.7 Å². The minimum atomic E-state index is -3.33. The summed E-state index contributed by atoms with van der Waals surface area (Å²) in [4.78, 5) is 12.4. The van der Waals surface area contributed by atoms with Crippen LogP contribution >= 0.6 is 0 Å². The van der Waals surface area contributed by atoms with Gasteiger partial charge >= 0.3 is 0 Å². The Morgan fingerprint density at radius 3 is 2.52 bits per heavy atom. The molecule has 0 fully saturated rings. The lowest BCUT2D eigenvalue weighted by atomic mass is 9.90. The molecule has 2 aromatic rings. The van der Waals surface area contributed by atoms with Gasteiger partial charge in [-0.2, -0.15) is 0 Å². The number of carbonyl (C=O) groups is 1. The van der Waals surface area contributed by atoms with E-state index in [1.165, 1.54) is 11.4 Å². The van der Waals surface area contributed by atoms with Crippen LogP contribution in [0.4, 0.5) is 5.69 Å². The quantitative estimate of drug-likeness (QED) is 0.780. The number of rotatable bonds is 6. The highest BCUT2D eigenvalue weighted by Crippen LogP contribution is 2.39. The van der Waals surface area contributed by atoms with Crippen molar-refractivity contribution in [3.05, 3.63) is 54.1 Å². The Bertz CT molecular complexity index is 986. The summed E-state index contributed by atoms with van der Waals surface area (Å²) in [5, 5.41) is 3.02. The number of amides is 1. The summed E-state index contributed by atoms with van der Waals surface area (Å²) >= 11 is 0. The van der Waals surface area contributed by atoms with Gasteiger partial charge in [0, 0.05) is 19.0 Å². The molecule has 1 aliphatic heterocycles. The summed E-state index contributed by atoms with van der Waals surface area (Å²) in [7, 11) is -1.85. The van der Waals surface area contributed by atoms with Crippen LogP contribution in [0.3, 0.4) is 0 Å². The lowest BCUT2D eigenvalue weighted by Gasteiger charge is -2.37. The second kappa shape index (κ2) is 7.94. The van der Waals surface area contributed by atoms with E-state index in [0.29, 0.717) is 17.9 Å². The fourth-order valence-electron chi connectivity index (χ4n) is 3.26. The summed E-state index contributed by atoms with van der Waals surface area (Å²) in [6.07, 6.45) is 1.79. The molecule has 0 saturated heterocycles. The topological polar surface area (TPSA) is 84.9 Å². The molecule has 156 valence electrons. The number of benzene rings is 2. The maximum Gasteiger partial charge on any atom is 0.258 e. The van der Waals surface area contributed by atoms with Crippen LogP contribution in [0.5, 0.6) is 11.5 Å². The van der Waals surface area contributed by atoms with E-state index in [2.05, 4.69) is 5.32 Å². The molecular weight excluding hydrogens is 392 g/mol. The van der Waals surface area contributed by atoms with Crippen molar-refractivity contribution in [1.82, 2.24) is 5.32 Å². The summed E-state index contributed by atoms with van der Waals surface area (Å²) in [5.74, 6) is 1.03. The standard InChI is InChI=1S/C21H26N2O5S/c1-21(2)13-18(17-7-5-6-8-19(17)28-21)22-20(24)14-27-16-11-9-15(10-12-16)23(3)29(4,25)26/h5-12,18H,13-14H2,1-4H3,(H,22,24). The van der Waals surface area contributed by atoms with E-state index in [1.807, 2.05) is 38.1 Å². The third kappa shape index (κ3) is 5.20. The zero-order valence-corrected chi connectivity index (χ0v) is 17.8. The molecule has 0 saturated carbocycles. The first kappa shape index (κ1) is 21.0. The minimum Gasteiger partial charge on any atom is -0.487 e. The van der Waals surface area contributed by atoms with E-state index >= 15 is 0 Å². The number of nitrogens with one attached hydrogen (secondary N) is 1. The van der Waals surface area contributed by atoms with Crippen LogP contribution in [0.1, 0.15) is 31.9 Å². The summed E-state index contributed by atoms with van der Waals surface area (Å²) in [6, 6.07) is 14.1. The molecule has 0 spiro atoms. The van der Waals surface area contributed by atoms with Crippen molar-refractivity contribution >= 4 is 21.6 Å². The summed E-state index contributed by atoms with van der Waals surface area (Å²) < 4.78 is 35.9. The Hall–Kier alpha value is -2.74. The number of fused-ring (bicyclic) bond motifs is 1. The maximum absolute atomic E-state index is 12.4. The number of ether oxygens (including phenoxy) is 2. The highest BCUT2D eigenvalue weighted by atomic mass is 32.2. The van der Waals surface area contributed by atoms with Crippen molar-refractivity contribution in [1.29, 1.82) is 0 Å². The molecule has 0 aromatic heterocycles. The third-order valence-corrected chi connectivity index (χ3v) is 5.99. The predicted molar refractivity (Wildman–Crippen MR) is 112 cm³/mol. The van der Waals surface area contributed by atoms with Crippen LogP contribution in [-0.2, 0) is 14.8 Å². The van der Waals surface area contributed by atoms with Gasteiger partial charge < -0.3 is 14.8 Å². The molecule has 3 rings (SSSR count). The van der Waals surface area contributed by atoms with Gasteiger partial charge in [-0.25, -0.2) is 8.42 Å². The highest BCUT2D eigenvalue weighted by molar-refractivity contribution is 7.92. The van der Waals surface area contributed by atoms with Gasteiger partial charge in [0.15, 0.2) is 6.61 Å². The maximum atomic E-state index is 12.4. The normalized spacial score (nSPS) is 17.6. The molecule has 1 aliphatic rings. The first-order valence-corrected chi connectivity index (χ1v) is 11.1. The molecule has 1 atom stereocenters. The van der Waals surface area contributed by atoms with Crippen molar-refractivity contribution in [3.63, 3.8) is 0 Å². The van der Waals surface area contributed by atoms with Gasteiger partial charge in [-0.3, -0.25) is 9.10 Å². The molecule has 0 aliphatic carbocycles. The average molecular weight is 419 g/mol. The predicted octanol–water partition coefficient (Wildman–Crippen LogP) is 2.88. The molecule has 29 heavy (non-hydrogen) atoms. The molecule has 1 heterocycles. The number of hydrogen-bond donors (Lipinski definition) is 1. The van der Waals surface area contributed by atoms with Crippen LogP contribution < -0.4 is 19.1 Å². The SMILES string of the molecule is CN(c1ccc(OCC(=O)NC2CC(C)(C)Oc3ccccc32)cc1)S(C)(=O)=O. The first-order valence-electron chi connectivity index (χ1n) is 9.29. The lowest BCUT2D eigenvalue weighted by Crippen LogP contribution is -2.42. The largest absolute Gasteiger partial charge is 0.487 e. The Labute approximate surface area is 171 Å². The van der Waals surface area contributed by atoms with Gasteiger partial charge in [0.2, 0.25) is 10.0 Å². The first-order chi connectivity index (χ1) is 13.5. The van der Waals surface area contributed by atoms with Gasteiger partial charge in [-0.15, -0.1) is 0 Å². The van der Waals surface area contributed by atoms with Crippen molar-refractivity contribution in [2.24, 2.45) is 0 Å². The second-order valence-electron chi connectivity index (χ2n) is 7.74. The van der Waals surface area contributed by atoms with Gasteiger partial charge in [-0.05, 0) is 44.2 Å². The van der Waals surface area contributed by atoms with E-state index in [9.17, 15) is 13.2 Å². The molecule has 7 nitrogen and oxygen atoms in total. The van der Waals surface area contributed by atoms with Gasteiger partial charge in [0.05, 0.1) is 18.0 Å². The average Bonchev–Trinajstić information content (AvgIpc) is 2.64. The second-order valence-corrected chi connectivity index (χ2v) is 9.75. The number of sulfonamides is 1. The fraction of sp³-hybridized carbons (Fsp3) is 0.381. The van der Waals surface area contributed by atoms with Crippen molar-refractivity contribution in [2.45, 2.75) is 31.9 Å². The Balaban J connectivity index is 1.61. The molecule has 0 radical (unpaired) electrons. The Kier molecular flexibility index (Phi) is 5.75. The molecular formula is C21H26N2O5S. The zero-order valence-electron chi connectivity index (χ0n) is 17.0. The Morgan fingerprint density at radius 1 is 1.21 bits per heavy atom. The van der Waals surface area contributed by atoms with Crippen LogP contribution in [0, 0.1) is 0 Å². The molecule has 8 heteroatoms. The van der Waals surface area contributed by atoms with Crippen molar-refractivity contribution in [3.8, 4) is 11.5 Å². The molecule has 1 N–H and O–H groups in total. The van der Waals surface area contributed by atoms with E-state index in [4.69, 9.17) is 9.47 Å². The number of carbonyl (C=O) groups excluding carboxylic acids is 1. The minimum absolute atomic E-state index is 0.138. The van der Waals surface area contributed by atoms with Gasteiger partial charge in [-0.1, -0.05) is 18.2 Å².